The summed E-state index contributed by atoms with van der Waals surface area (Å²) in [6.07, 6.45) is 0. The van der Waals surface area contributed by atoms with Crippen molar-refractivity contribution in [3.8, 4) is 11.5 Å². The molecule has 2 aromatic heterocycles. The predicted molar refractivity (Wildman–Crippen MR) is 73.5 cm³/mol. The average molecular weight is 349 g/mol. The number of furan rings is 1. The van der Waals surface area contributed by atoms with Crippen LogP contribution >= 0.6 is 28.3 Å². The molecule has 0 unspecified atom stereocenters. The zero-order valence-electron chi connectivity index (χ0n) is 9.72. The quantitative estimate of drug-likeness (QED) is 0.869. The number of carbonyl (C=O) groups is 1. The molecule has 0 bridgehead atoms. The molecule has 2 N–H and O–H groups in total. The first kappa shape index (κ1) is 14.1. The maximum Gasteiger partial charge on any atom is 0.356 e. The Morgan fingerprint density at radius 2 is 2.32 bits per heavy atom. The third kappa shape index (κ3) is 2.41. The zero-order valence-corrected chi connectivity index (χ0v) is 12.1. The van der Waals surface area contributed by atoms with Crippen LogP contribution in [0.5, 0.6) is 0 Å². The second kappa shape index (κ2) is 5.36. The molecule has 0 aromatic carbocycles. The first-order valence-corrected chi connectivity index (χ1v) is 6.25. The van der Waals surface area contributed by atoms with Gasteiger partial charge in [0.15, 0.2) is 16.1 Å². The molecule has 3 heterocycles. The molecule has 3 rings (SSSR count). The van der Waals surface area contributed by atoms with Crippen molar-refractivity contribution >= 4 is 34.3 Å². The van der Waals surface area contributed by atoms with E-state index in [2.05, 4.69) is 26.2 Å². The maximum atomic E-state index is 11.3. The Morgan fingerprint density at radius 1 is 1.53 bits per heavy atom. The van der Waals surface area contributed by atoms with Gasteiger partial charge in [0.05, 0.1) is 6.54 Å². The van der Waals surface area contributed by atoms with Crippen LogP contribution in [0.25, 0.3) is 11.5 Å². The van der Waals surface area contributed by atoms with Crippen LogP contribution in [0.4, 0.5) is 0 Å². The van der Waals surface area contributed by atoms with Gasteiger partial charge in [-0.05, 0) is 28.1 Å². The number of nitrogens with zero attached hydrogens (tertiary/aromatic N) is 2. The Hall–Kier alpha value is -1.31. The topological polar surface area (TPSA) is 80.3 Å². The lowest BCUT2D eigenvalue weighted by molar-refractivity contribution is 0.0691. The van der Waals surface area contributed by atoms with Crippen molar-refractivity contribution in [3.05, 3.63) is 28.3 Å². The fraction of sp³-hybridized carbons (Fsp3) is 0.273. The van der Waals surface area contributed by atoms with E-state index < -0.39 is 5.97 Å². The molecule has 6 nitrogen and oxygen atoms in total. The standard InChI is InChI=1S/C11H10BrN3O3.ClH/c12-7-2-1-6(18-7)10-9(11(16)17)14-8-5-13-3-4-15(8)10;/h1-2,13H,3-5H2,(H,16,17);1H. The third-order valence-electron chi connectivity index (χ3n) is 2.85. The highest BCUT2D eigenvalue weighted by Crippen LogP contribution is 2.29. The Labute approximate surface area is 123 Å². The van der Waals surface area contributed by atoms with Gasteiger partial charge >= 0.3 is 5.97 Å². The predicted octanol–water partition coefficient (Wildman–Crippen LogP) is 2.13. The lowest BCUT2D eigenvalue weighted by atomic mass is 10.2. The van der Waals surface area contributed by atoms with Crippen LogP contribution in [0, 0.1) is 0 Å². The maximum absolute atomic E-state index is 11.3. The van der Waals surface area contributed by atoms with Crippen molar-refractivity contribution in [2.75, 3.05) is 6.54 Å². The molecule has 0 spiro atoms. The van der Waals surface area contributed by atoms with Gasteiger partial charge in [0.1, 0.15) is 11.5 Å². The van der Waals surface area contributed by atoms with Gasteiger partial charge in [-0.2, -0.15) is 0 Å². The molecule has 19 heavy (non-hydrogen) atoms. The lowest BCUT2D eigenvalue weighted by Crippen LogP contribution is -2.28. The van der Waals surface area contributed by atoms with Crippen LogP contribution in [0.2, 0.25) is 0 Å². The molecular formula is C11H11BrClN3O3. The van der Waals surface area contributed by atoms with Crippen LogP contribution in [0.15, 0.2) is 21.2 Å². The minimum atomic E-state index is -1.04. The summed E-state index contributed by atoms with van der Waals surface area (Å²) in [4.78, 5) is 15.4. The summed E-state index contributed by atoms with van der Waals surface area (Å²) in [5, 5.41) is 12.4. The van der Waals surface area contributed by atoms with E-state index in [-0.39, 0.29) is 18.1 Å². The SMILES string of the molecule is Cl.O=C(O)c1nc2n(c1-c1ccc(Br)o1)CCNC2. The van der Waals surface area contributed by atoms with Gasteiger partial charge in [-0.25, -0.2) is 9.78 Å². The Bertz CT molecular complexity index is 623. The van der Waals surface area contributed by atoms with E-state index in [0.29, 0.717) is 29.2 Å². The number of fused-ring (bicyclic) bond motifs is 1. The van der Waals surface area contributed by atoms with Crippen molar-refractivity contribution in [2.24, 2.45) is 0 Å². The van der Waals surface area contributed by atoms with E-state index in [9.17, 15) is 9.90 Å². The molecule has 8 heteroatoms. The Kier molecular flexibility index (Phi) is 3.98. The minimum absolute atomic E-state index is 0. The smallest absolute Gasteiger partial charge is 0.356 e. The van der Waals surface area contributed by atoms with Crippen molar-refractivity contribution < 1.29 is 14.3 Å². The summed E-state index contributed by atoms with van der Waals surface area (Å²) < 4.78 is 7.92. The molecule has 0 fully saturated rings. The summed E-state index contributed by atoms with van der Waals surface area (Å²) in [6.45, 7) is 2.04. The largest absolute Gasteiger partial charge is 0.476 e. The first-order chi connectivity index (χ1) is 8.66. The fourth-order valence-corrected chi connectivity index (χ4v) is 2.41. The van der Waals surface area contributed by atoms with Crippen molar-refractivity contribution in [3.63, 3.8) is 0 Å². The summed E-state index contributed by atoms with van der Waals surface area (Å²) in [7, 11) is 0. The molecule has 0 radical (unpaired) electrons. The molecule has 1 aliphatic rings. The number of hydrogen-bond donors (Lipinski definition) is 2. The molecule has 0 atom stereocenters. The van der Waals surface area contributed by atoms with Crippen LogP contribution in [-0.4, -0.2) is 27.2 Å². The van der Waals surface area contributed by atoms with E-state index in [1.54, 1.807) is 12.1 Å². The van der Waals surface area contributed by atoms with Gasteiger partial charge in [0, 0.05) is 13.1 Å². The Balaban J connectivity index is 0.00000133. The van der Waals surface area contributed by atoms with Gasteiger partial charge in [-0.1, -0.05) is 0 Å². The van der Waals surface area contributed by atoms with Crippen LogP contribution in [-0.2, 0) is 13.1 Å². The van der Waals surface area contributed by atoms with Gasteiger partial charge in [0.2, 0.25) is 0 Å². The van der Waals surface area contributed by atoms with Gasteiger partial charge < -0.3 is 19.4 Å². The van der Waals surface area contributed by atoms with Crippen LogP contribution < -0.4 is 5.32 Å². The van der Waals surface area contributed by atoms with Crippen molar-refractivity contribution in [1.29, 1.82) is 0 Å². The molecule has 0 aliphatic carbocycles. The minimum Gasteiger partial charge on any atom is -0.476 e. The monoisotopic (exact) mass is 347 g/mol. The molecular weight excluding hydrogens is 337 g/mol. The fourth-order valence-electron chi connectivity index (χ4n) is 2.11. The second-order valence-electron chi connectivity index (χ2n) is 3.96. The molecule has 102 valence electrons. The highest BCUT2D eigenvalue weighted by molar-refractivity contribution is 9.10. The van der Waals surface area contributed by atoms with Crippen LogP contribution in [0.3, 0.4) is 0 Å². The number of imidazole rings is 1. The van der Waals surface area contributed by atoms with Gasteiger partial charge in [0.25, 0.3) is 0 Å². The second-order valence-corrected chi connectivity index (χ2v) is 4.74. The van der Waals surface area contributed by atoms with E-state index in [1.807, 2.05) is 4.57 Å². The summed E-state index contributed by atoms with van der Waals surface area (Å²) in [5.41, 5.74) is 0.570. The van der Waals surface area contributed by atoms with Gasteiger partial charge in [-0.15, -0.1) is 12.4 Å². The molecule has 2 aromatic rings. The number of carboxylic acids is 1. The summed E-state index contributed by atoms with van der Waals surface area (Å²) >= 11 is 3.22. The number of carboxylic acid groups (broad SMARTS) is 1. The Morgan fingerprint density at radius 3 is 2.95 bits per heavy atom. The molecule has 0 saturated heterocycles. The number of aromatic nitrogens is 2. The van der Waals surface area contributed by atoms with Crippen molar-refractivity contribution in [1.82, 2.24) is 14.9 Å². The normalized spacial score (nSPS) is 13.7. The molecule has 0 amide bonds. The average Bonchev–Trinajstić information content (AvgIpc) is 2.92. The third-order valence-corrected chi connectivity index (χ3v) is 3.28. The van der Waals surface area contributed by atoms with E-state index >= 15 is 0 Å². The number of nitrogens with one attached hydrogen (secondary N) is 1. The number of rotatable bonds is 2. The lowest BCUT2D eigenvalue weighted by Gasteiger charge is -2.16. The highest BCUT2D eigenvalue weighted by atomic mass is 79.9. The molecule has 0 saturated carbocycles. The van der Waals surface area contributed by atoms with Crippen molar-refractivity contribution in [2.45, 2.75) is 13.1 Å². The van der Waals surface area contributed by atoms with E-state index in [0.717, 1.165) is 12.4 Å². The first-order valence-electron chi connectivity index (χ1n) is 5.46. The number of halogens is 2. The van der Waals surface area contributed by atoms with Gasteiger partial charge in [-0.3, -0.25) is 0 Å². The number of aromatic carboxylic acids is 1. The summed E-state index contributed by atoms with van der Waals surface area (Å²) in [6, 6.07) is 3.48. The zero-order chi connectivity index (χ0) is 12.7. The summed E-state index contributed by atoms with van der Waals surface area (Å²) in [5.74, 6) is 0.195. The van der Waals surface area contributed by atoms with E-state index in [1.165, 1.54) is 0 Å². The van der Waals surface area contributed by atoms with Crippen LogP contribution in [0.1, 0.15) is 16.3 Å². The highest BCUT2D eigenvalue weighted by Gasteiger charge is 2.26. The molecule has 1 aliphatic heterocycles. The van der Waals surface area contributed by atoms with E-state index in [4.69, 9.17) is 4.42 Å². The number of hydrogen-bond acceptors (Lipinski definition) is 4.